The van der Waals surface area contributed by atoms with Crippen molar-refractivity contribution in [3.05, 3.63) is 38.7 Å². The van der Waals surface area contributed by atoms with Gasteiger partial charge in [-0.05, 0) is 24.4 Å². The van der Waals surface area contributed by atoms with Gasteiger partial charge in [0.25, 0.3) is 0 Å². The minimum Gasteiger partial charge on any atom is -0.492 e. The van der Waals surface area contributed by atoms with E-state index in [9.17, 15) is 9.90 Å². The number of para-hydroxylation sites is 1. The minimum atomic E-state index is -0.309. The highest BCUT2D eigenvalue weighted by Gasteiger charge is 2.16. The Morgan fingerprint density at radius 3 is 3.04 bits per heavy atom. The van der Waals surface area contributed by atoms with E-state index < -0.39 is 0 Å². The Bertz CT molecular complexity index is 883. The molecule has 1 aromatic carbocycles. The molecule has 2 N–H and O–H groups in total. The SMILES string of the molecule is O=C(CCCl)Nn1c(O)c(/C=C2/C=Nc3ccccc32)sc1=S. The smallest absolute Gasteiger partial charge is 0.240 e. The van der Waals surface area contributed by atoms with Crippen molar-refractivity contribution in [3.63, 3.8) is 0 Å². The maximum absolute atomic E-state index is 11.6. The van der Waals surface area contributed by atoms with E-state index in [0.717, 1.165) is 16.8 Å². The van der Waals surface area contributed by atoms with E-state index >= 15 is 0 Å². The van der Waals surface area contributed by atoms with Crippen molar-refractivity contribution in [2.24, 2.45) is 4.99 Å². The van der Waals surface area contributed by atoms with Crippen LogP contribution in [0.4, 0.5) is 5.69 Å². The first-order valence-electron chi connectivity index (χ1n) is 6.76. The van der Waals surface area contributed by atoms with Crippen LogP contribution in [0.1, 0.15) is 16.9 Å². The fourth-order valence-electron chi connectivity index (χ4n) is 2.14. The number of aliphatic imine (C=N–C) groups is 1. The normalized spacial score (nSPS) is 14.2. The average molecular weight is 366 g/mol. The summed E-state index contributed by atoms with van der Waals surface area (Å²) >= 11 is 11.9. The van der Waals surface area contributed by atoms with Crippen molar-refractivity contribution >= 4 is 64.6 Å². The lowest BCUT2D eigenvalue weighted by atomic mass is 10.1. The molecule has 0 bridgehead atoms. The lowest BCUT2D eigenvalue weighted by molar-refractivity contribution is -0.116. The molecule has 1 amide bonds. The second-order valence-electron chi connectivity index (χ2n) is 4.74. The fraction of sp³-hybridized carbons (Fsp3) is 0.133. The van der Waals surface area contributed by atoms with Crippen LogP contribution in [-0.2, 0) is 4.79 Å². The zero-order chi connectivity index (χ0) is 16.4. The molecule has 0 saturated carbocycles. The molecule has 23 heavy (non-hydrogen) atoms. The summed E-state index contributed by atoms with van der Waals surface area (Å²) in [6, 6.07) is 7.74. The topological polar surface area (TPSA) is 66.6 Å². The summed E-state index contributed by atoms with van der Waals surface area (Å²) in [4.78, 5) is 16.5. The summed E-state index contributed by atoms with van der Waals surface area (Å²) in [6.07, 6.45) is 3.69. The number of aromatic nitrogens is 1. The zero-order valence-electron chi connectivity index (χ0n) is 11.8. The minimum absolute atomic E-state index is 0.104. The number of benzene rings is 1. The number of nitrogens with one attached hydrogen (secondary N) is 1. The molecule has 2 aromatic rings. The van der Waals surface area contributed by atoms with Gasteiger partial charge in [0.1, 0.15) is 0 Å². The van der Waals surface area contributed by atoms with E-state index in [1.165, 1.54) is 16.0 Å². The fourth-order valence-corrected chi connectivity index (χ4v) is 3.49. The number of rotatable bonds is 4. The van der Waals surface area contributed by atoms with E-state index in [1.54, 1.807) is 12.3 Å². The summed E-state index contributed by atoms with van der Waals surface area (Å²) < 4.78 is 1.54. The molecule has 8 heteroatoms. The van der Waals surface area contributed by atoms with Gasteiger partial charge in [-0.25, -0.2) is 0 Å². The molecule has 2 heterocycles. The summed E-state index contributed by atoms with van der Waals surface area (Å²) in [6.45, 7) is 0. The molecular formula is C15H12ClN3O2S2. The van der Waals surface area contributed by atoms with Crippen molar-refractivity contribution < 1.29 is 9.90 Å². The molecule has 0 saturated heterocycles. The van der Waals surface area contributed by atoms with Gasteiger partial charge in [-0.15, -0.1) is 11.6 Å². The summed E-state index contributed by atoms with van der Waals surface area (Å²) in [7, 11) is 0. The number of hydrogen-bond acceptors (Lipinski definition) is 5. The van der Waals surface area contributed by atoms with Gasteiger partial charge in [-0.1, -0.05) is 29.5 Å². The van der Waals surface area contributed by atoms with E-state index in [-0.39, 0.29) is 24.1 Å². The second-order valence-corrected chi connectivity index (χ2v) is 6.79. The molecule has 1 aliphatic rings. The molecule has 0 unspecified atom stereocenters. The summed E-state index contributed by atoms with van der Waals surface area (Å²) in [5.74, 6) is -0.210. The largest absolute Gasteiger partial charge is 0.492 e. The first kappa shape index (κ1) is 15.9. The zero-order valence-corrected chi connectivity index (χ0v) is 14.2. The van der Waals surface area contributed by atoms with Gasteiger partial charge >= 0.3 is 0 Å². The van der Waals surface area contributed by atoms with Gasteiger partial charge in [0, 0.05) is 29.7 Å². The monoisotopic (exact) mass is 365 g/mol. The number of halogens is 1. The molecular weight excluding hydrogens is 354 g/mol. The summed E-state index contributed by atoms with van der Waals surface area (Å²) in [5.41, 5.74) is 5.29. The maximum Gasteiger partial charge on any atom is 0.240 e. The molecule has 0 atom stereocenters. The van der Waals surface area contributed by atoms with Crippen LogP contribution in [-0.4, -0.2) is 27.8 Å². The van der Waals surface area contributed by atoms with E-state index in [1.807, 2.05) is 24.3 Å². The molecule has 0 aliphatic carbocycles. The third-order valence-electron chi connectivity index (χ3n) is 3.21. The Labute approximate surface area is 146 Å². The molecule has 0 fully saturated rings. The van der Waals surface area contributed by atoms with Gasteiger partial charge < -0.3 is 5.11 Å². The lowest BCUT2D eigenvalue weighted by Gasteiger charge is -2.06. The van der Waals surface area contributed by atoms with Gasteiger partial charge in [-0.2, -0.15) is 4.68 Å². The molecule has 0 spiro atoms. The second kappa shape index (κ2) is 6.66. The molecule has 1 aliphatic heterocycles. The Hall–Kier alpha value is -1.96. The number of hydrogen-bond donors (Lipinski definition) is 2. The van der Waals surface area contributed by atoms with Crippen LogP contribution >= 0.6 is 35.2 Å². The van der Waals surface area contributed by atoms with Crippen LogP contribution in [0.25, 0.3) is 11.6 Å². The van der Waals surface area contributed by atoms with E-state index in [2.05, 4.69) is 10.4 Å². The first-order chi connectivity index (χ1) is 11.1. The third kappa shape index (κ3) is 3.21. The van der Waals surface area contributed by atoms with Crippen LogP contribution in [0.2, 0.25) is 0 Å². The quantitative estimate of drug-likeness (QED) is 0.637. The molecule has 3 rings (SSSR count). The number of carbonyl (C=O) groups excluding carboxylic acids is 1. The van der Waals surface area contributed by atoms with Crippen LogP contribution in [0.3, 0.4) is 0 Å². The lowest BCUT2D eigenvalue weighted by Crippen LogP contribution is -2.22. The number of alkyl halides is 1. The Morgan fingerprint density at radius 2 is 2.26 bits per heavy atom. The third-order valence-corrected chi connectivity index (χ3v) is 4.71. The van der Waals surface area contributed by atoms with Crippen LogP contribution in [0, 0.1) is 3.95 Å². The maximum atomic E-state index is 11.6. The number of aromatic hydroxyl groups is 1. The van der Waals surface area contributed by atoms with Gasteiger partial charge in [-0.3, -0.25) is 15.2 Å². The number of thiazole rings is 1. The van der Waals surface area contributed by atoms with Crippen LogP contribution in [0.15, 0.2) is 29.3 Å². The van der Waals surface area contributed by atoms with Crippen molar-refractivity contribution in [2.45, 2.75) is 6.42 Å². The predicted octanol–water partition coefficient (Wildman–Crippen LogP) is 3.94. The highest BCUT2D eigenvalue weighted by Crippen LogP contribution is 2.35. The molecule has 118 valence electrons. The van der Waals surface area contributed by atoms with Crippen molar-refractivity contribution in [1.82, 2.24) is 4.68 Å². The van der Waals surface area contributed by atoms with E-state index in [4.69, 9.17) is 23.8 Å². The number of carbonyl (C=O) groups is 1. The highest BCUT2D eigenvalue weighted by molar-refractivity contribution is 7.73. The van der Waals surface area contributed by atoms with Crippen molar-refractivity contribution in [2.75, 3.05) is 11.3 Å². The van der Waals surface area contributed by atoms with Gasteiger partial charge in [0.15, 0.2) is 3.95 Å². The standard InChI is InChI=1S/C15H12ClN3O2S2/c16-6-5-13(20)18-19-14(21)12(23-15(19)22)7-9-8-17-11-4-2-1-3-10(9)11/h1-4,7-8,21H,5-6H2,(H,18,20)/b9-7-. The first-order valence-corrected chi connectivity index (χ1v) is 8.52. The predicted molar refractivity (Wildman–Crippen MR) is 97.0 cm³/mol. The molecule has 0 radical (unpaired) electrons. The molecule has 1 aromatic heterocycles. The number of allylic oxidation sites excluding steroid dienone is 1. The Morgan fingerprint density at radius 1 is 1.48 bits per heavy atom. The van der Waals surface area contributed by atoms with Crippen LogP contribution in [0.5, 0.6) is 5.88 Å². The van der Waals surface area contributed by atoms with Gasteiger partial charge in [0.05, 0.1) is 10.6 Å². The van der Waals surface area contributed by atoms with Crippen molar-refractivity contribution in [3.8, 4) is 5.88 Å². The number of nitrogens with zero attached hydrogens (tertiary/aromatic N) is 2. The Kier molecular flexibility index (Phi) is 4.61. The molecule has 5 nitrogen and oxygen atoms in total. The van der Waals surface area contributed by atoms with Crippen molar-refractivity contribution in [1.29, 1.82) is 0 Å². The van der Waals surface area contributed by atoms with Gasteiger partial charge in [0.2, 0.25) is 11.8 Å². The highest BCUT2D eigenvalue weighted by atomic mass is 35.5. The Balaban J connectivity index is 1.94. The summed E-state index contributed by atoms with van der Waals surface area (Å²) in [5, 5.41) is 10.3. The average Bonchev–Trinajstić information content (AvgIpc) is 3.05. The van der Waals surface area contributed by atoms with Crippen LogP contribution < -0.4 is 5.43 Å². The number of fused-ring (bicyclic) bond motifs is 1. The number of amides is 1. The van der Waals surface area contributed by atoms with E-state index in [0.29, 0.717) is 8.83 Å².